The Bertz CT molecular complexity index is 262. The fraction of sp³-hybridized carbons (Fsp3) is 0.923. The first kappa shape index (κ1) is 12.8. The molecule has 1 saturated carbocycles. The van der Waals surface area contributed by atoms with E-state index in [1.54, 1.807) is 7.11 Å². The molecule has 2 aliphatic rings. The van der Waals surface area contributed by atoms with Gasteiger partial charge in [0.2, 0.25) is 5.91 Å². The largest absolute Gasteiger partial charge is 0.384 e. The normalized spacial score (nSPS) is 30.8. The number of nitrogens with zero attached hydrogens (tertiary/aromatic N) is 1. The molecule has 1 aliphatic heterocycles. The summed E-state index contributed by atoms with van der Waals surface area (Å²) in [5, 5.41) is 0. The van der Waals surface area contributed by atoms with Gasteiger partial charge < -0.3 is 15.4 Å². The Labute approximate surface area is 103 Å². The topological polar surface area (TPSA) is 55.6 Å². The maximum absolute atomic E-state index is 12.3. The first-order valence-electron chi connectivity index (χ1n) is 6.75. The summed E-state index contributed by atoms with van der Waals surface area (Å²) >= 11 is 0. The van der Waals surface area contributed by atoms with E-state index in [-0.39, 0.29) is 12.0 Å². The highest BCUT2D eigenvalue weighted by Crippen LogP contribution is 2.27. The minimum atomic E-state index is 0.0916. The third-order valence-corrected chi connectivity index (χ3v) is 4.22. The molecule has 1 aliphatic carbocycles. The number of hydrogen-bond acceptors (Lipinski definition) is 3. The highest BCUT2D eigenvalue weighted by atomic mass is 16.5. The van der Waals surface area contributed by atoms with E-state index >= 15 is 0 Å². The van der Waals surface area contributed by atoms with E-state index in [0.717, 1.165) is 51.8 Å². The van der Waals surface area contributed by atoms with Crippen molar-refractivity contribution in [1.29, 1.82) is 0 Å². The number of nitrogens with two attached hydrogens (primary N) is 1. The summed E-state index contributed by atoms with van der Waals surface area (Å²) < 4.78 is 5.17. The van der Waals surface area contributed by atoms with Gasteiger partial charge in [0.05, 0.1) is 5.92 Å². The number of carbonyl (C=O) groups excluding carboxylic acids is 1. The molecule has 2 unspecified atom stereocenters. The van der Waals surface area contributed by atoms with Crippen LogP contribution in [0.5, 0.6) is 0 Å². The zero-order chi connectivity index (χ0) is 12.3. The van der Waals surface area contributed by atoms with Gasteiger partial charge in [-0.05, 0) is 31.6 Å². The van der Waals surface area contributed by atoms with Gasteiger partial charge in [-0.15, -0.1) is 0 Å². The molecule has 0 aromatic heterocycles. The van der Waals surface area contributed by atoms with Crippen molar-refractivity contribution in [2.45, 2.75) is 38.1 Å². The predicted octanol–water partition coefficient (Wildman–Crippen LogP) is 0.999. The van der Waals surface area contributed by atoms with Crippen LogP contribution < -0.4 is 5.73 Å². The first-order valence-corrected chi connectivity index (χ1v) is 6.75. The average molecular weight is 240 g/mol. The van der Waals surface area contributed by atoms with Crippen molar-refractivity contribution in [3.8, 4) is 0 Å². The quantitative estimate of drug-likeness (QED) is 0.800. The number of amides is 1. The molecular weight excluding hydrogens is 216 g/mol. The molecule has 17 heavy (non-hydrogen) atoms. The van der Waals surface area contributed by atoms with Gasteiger partial charge in [0.25, 0.3) is 0 Å². The van der Waals surface area contributed by atoms with Crippen molar-refractivity contribution in [3.05, 3.63) is 0 Å². The van der Waals surface area contributed by atoms with Gasteiger partial charge in [-0.1, -0.05) is 6.42 Å². The van der Waals surface area contributed by atoms with Gasteiger partial charge in [0.1, 0.15) is 0 Å². The molecule has 2 N–H and O–H groups in total. The number of likely N-dealkylation sites (tertiary alicyclic amines) is 1. The summed E-state index contributed by atoms with van der Waals surface area (Å²) in [5.74, 6) is 1.01. The van der Waals surface area contributed by atoms with E-state index < -0.39 is 0 Å². The third-order valence-electron chi connectivity index (χ3n) is 4.22. The highest BCUT2D eigenvalue weighted by molar-refractivity contribution is 5.80. The molecule has 98 valence electrons. The molecular formula is C13H24N2O2. The summed E-state index contributed by atoms with van der Waals surface area (Å²) in [5.41, 5.74) is 5.99. The smallest absolute Gasteiger partial charge is 0.227 e. The minimum absolute atomic E-state index is 0.0916. The molecule has 4 heteroatoms. The van der Waals surface area contributed by atoms with Crippen LogP contribution in [-0.4, -0.2) is 43.7 Å². The number of piperidine rings is 1. The van der Waals surface area contributed by atoms with E-state index in [1.165, 1.54) is 0 Å². The fourth-order valence-corrected chi connectivity index (χ4v) is 3.09. The van der Waals surface area contributed by atoms with Gasteiger partial charge in [-0.3, -0.25) is 4.79 Å². The van der Waals surface area contributed by atoms with Crippen LogP contribution in [0.1, 0.15) is 32.1 Å². The third kappa shape index (κ3) is 2.99. The molecule has 1 saturated heterocycles. The standard InChI is InChI=1S/C13H24N2O2/c1-17-9-10-5-7-15(8-6-10)13(16)11-3-2-4-12(11)14/h10-12H,2-9,14H2,1H3. The van der Waals surface area contributed by atoms with Crippen LogP contribution in [0.15, 0.2) is 0 Å². The van der Waals surface area contributed by atoms with Crippen molar-refractivity contribution in [1.82, 2.24) is 4.90 Å². The van der Waals surface area contributed by atoms with Gasteiger partial charge in [-0.2, -0.15) is 0 Å². The van der Waals surface area contributed by atoms with Crippen LogP contribution in [0.4, 0.5) is 0 Å². The average Bonchev–Trinajstić information content (AvgIpc) is 2.76. The highest BCUT2D eigenvalue weighted by Gasteiger charge is 2.34. The lowest BCUT2D eigenvalue weighted by Gasteiger charge is -2.34. The van der Waals surface area contributed by atoms with E-state index in [0.29, 0.717) is 11.8 Å². The lowest BCUT2D eigenvalue weighted by molar-refractivity contribution is -0.137. The summed E-state index contributed by atoms with van der Waals surface area (Å²) in [4.78, 5) is 14.3. The van der Waals surface area contributed by atoms with Crippen LogP contribution in [0.3, 0.4) is 0 Å². The monoisotopic (exact) mass is 240 g/mol. The molecule has 4 nitrogen and oxygen atoms in total. The molecule has 0 aromatic rings. The molecule has 0 bridgehead atoms. The summed E-state index contributed by atoms with van der Waals surface area (Å²) in [6.07, 6.45) is 5.25. The molecule has 2 rings (SSSR count). The predicted molar refractivity (Wildman–Crippen MR) is 66.5 cm³/mol. The number of ether oxygens (including phenoxy) is 1. The second-order valence-electron chi connectivity index (χ2n) is 5.43. The van der Waals surface area contributed by atoms with Gasteiger partial charge >= 0.3 is 0 Å². The Balaban J connectivity index is 1.82. The fourth-order valence-electron chi connectivity index (χ4n) is 3.09. The van der Waals surface area contributed by atoms with Crippen molar-refractivity contribution in [2.75, 3.05) is 26.8 Å². The molecule has 1 amide bonds. The van der Waals surface area contributed by atoms with E-state index in [9.17, 15) is 4.79 Å². The zero-order valence-corrected chi connectivity index (χ0v) is 10.7. The maximum atomic E-state index is 12.3. The van der Waals surface area contributed by atoms with Crippen LogP contribution in [0.25, 0.3) is 0 Å². The minimum Gasteiger partial charge on any atom is -0.384 e. The number of rotatable bonds is 3. The first-order chi connectivity index (χ1) is 8.22. The second-order valence-corrected chi connectivity index (χ2v) is 5.43. The Morgan fingerprint density at radius 1 is 1.29 bits per heavy atom. The lowest BCUT2D eigenvalue weighted by atomic mass is 9.95. The van der Waals surface area contributed by atoms with E-state index in [1.807, 2.05) is 4.90 Å². The molecule has 2 fully saturated rings. The number of carbonyl (C=O) groups is 1. The van der Waals surface area contributed by atoms with Crippen LogP contribution in [0, 0.1) is 11.8 Å². The van der Waals surface area contributed by atoms with Crippen molar-refractivity contribution >= 4 is 5.91 Å². The molecule has 2 atom stereocenters. The van der Waals surface area contributed by atoms with Crippen LogP contribution in [0.2, 0.25) is 0 Å². The van der Waals surface area contributed by atoms with Gasteiger partial charge in [0, 0.05) is 32.8 Å². The number of hydrogen-bond donors (Lipinski definition) is 1. The van der Waals surface area contributed by atoms with Crippen LogP contribution in [-0.2, 0) is 9.53 Å². The molecule has 0 spiro atoms. The maximum Gasteiger partial charge on any atom is 0.227 e. The lowest BCUT2D eigenvalue weighted by Crippen LogP contribution is -2.45. The number of methoxy groups -OCH3 is 1. The van der Waals surface area contributed by atoms with Crippen molar-refractivity contribution in [2.24, 2.45) is 17.6 Å². The van der Waals surface area contributed by atoms with E-state index in [4.69, 9.17) is 10.5 Å². The SMILES string of the molecule is COCC1CCN(C(=O)C2CCCC2N)CC1. The van der Waals surface area contributed by atoms with Crippen molar-refractivity contribution in [3.63, 3.8) is 0 Å². The van der Waals surface area contributed by atoms with Gasteiger partial charge in [-0.25, -0.2) is 0 Å². The van der Waals surface area contributed by atoms with Crippen molar-refractivity contribution < 1.29 is 9.53 Å². The van der Waals surface area contributed by atoms with Crippen LogP contribution >= 0.6 is 0 Å². The zero-order valence-electron chi connectivity index (χ0n) is 10.7. The Morgan fingerprint density at radius 3 is 2.53 bits per heavy atom. The second kappa shape index (κ2) is 5.83. The summed E-state index contributed by atoms with van der Waals surface area (Å²) in [6.45, 7) is 2.59. The van der Waals surface area contributed by atoms with Gasteiger partial charge in [0.15, 0.2) is 0 Å². The summed E-state index contributed by atoms with van der Waals surface area (Å²) in [7, 11) is 1.75. The summed E-state index contributed by atoms with van der Waals surface area (Å²) in [6, 6.07) is 0.0965. The molecule has 0 radical (unpaired) electrons. The molecule has 1 heterocycles. The Hall–Kier alpha value is -0.610. The van der Waals surface area contributed by atoms with E-state index in [2.05, 4.69) is 0 Å². The molecule has 0 aromatic carbocycles. The Morgan fingerprint density at radius 2 is 2.00 bits per heavy atom. The Kier molecular flexibility index (Phi) is 4.40.